The van der Waals surface area contributed by atoms with Crippen LogP contribution in [0.25, 0.3) is 0 Å². The van der Waals surface area contributed by atoms with E-state index in [1.165, 1.54) is 6.08 Å². The molecule has 0 unspecified atom stereocenters. The first-order valence-electron chi connectivity index (χ1n) is 10.6. The van der Waals surface area contributed by atoms with Gasteiger partial charge in [0.2, 0.25) is 5.91 Å². The van der Waals surface area contributed by atoms with Crippen LogP contribution in [0.5, 0.6) is 0 Å². The van der Waals surface area contributed by atoms with Gasteiger partial charge in [-0.05, 0) is 32.1 Å². The van der Waals surface area contributed by atoms with E-state index in [1.54, 1.807) is 6.08 Å². The number of nitrogens with one attached hydrogen (secondary N) is 1. The first-order valence-corrected chi connectivity index (χ1v) is 10.6. The van der Waals surface area contributed by atoms with Crippen LogP contribution in [0.3, 0.4) is 0 Å². The Balaban J connectivity index is 4.01. The SMILES string of the molecule is CCC=CC=CC=CCCC=CC=CC=CC(=O)NCC(O)(CCC)CCC. The number of rotatable bonds is 15. The lowest BCUT2D eigenvalue weighted by atomic mass is 9.92. The summed E-state index contributed by atoms with van der Waals surface area (Å²) < 4.78 is 0. The molecule has 3 heteroatoms. The van der Waals surface area contributed by atoms with E-state index in [0.29, 0.717) is 19.4 Å². The Labute approximate surface area is 172 Å². The summed E-state index contributed by atoms with van der Waals surface area (Å²) in [6.07, 6.45) is 29.8. The highest BCUT2D eigenvalue weighted by molar-refractivity contribution is 5.87. The Hall–Kier alpha value is -2.13. The molecule has 156 valence electrons. The van der Waals surface area contributed by atoms with Crippen molar-refractivity contribution in [3.63, 3.8) is 0 Å². The fourth-order valence-corrected chi connectivity index (χ4v) is 2.70. The zero-order chi connectivity index (χ0) is 20.9. The second-order valence-electron chi connectivity index (χ2n) is 6.84. The maximum atomic E-state index is 11.8. The average Bonchev–Trinajstić information content (AvgIpc) is 2.67. The lowest BCUT2D eigenvalue weighted by Crippen LogP contribution is -2.42. The Bertz CT molecular complexity index is 559. The monoisotopic (exact) mass is 385 g/mol. The van der Waals surface area contributed by atoms with E-state index >= 15 is 0 Å². The predicted molar refractivity (Wildman–Crippen MR) is 122 cm³/mol. The molecular formula is C25H39NO2. The van der Waals surface area contributed by atoms with Gasteiger partial charge < -0.3 is 10.4 Å². The molecule has 0 spiro atoms. The molecule has 0 bridgehead atoms. The zero-order valence-electron chi connectivity index (χ0n) is 17.9. The van der Waals surface area contributed by atoms with Crippen molar-refractivity contribution in [2.75, 3.05) is 6.54 Å². The molecule has 28 heavy (non-hydrogen) atoms. The summed E-state index contributed by atoms with van der Waals surface area (Å²) >= 11 is 0. The largest absolute Gasteiger partial charge is 0.388 e. The Morgan fingerprint density at radius 1 is 0.786 bits per heavy atom. The average molecular weight is 386 g/mol. The van der Waals surface area contributed by atoms with Gasteiger partial charge in [-0.1, -0.05) is 100 Å². The van der Waals surface area contributed by atoms with Crippen LogP contribution in [0.2, 0.25) is 0 Å². The second-order valence-corrected chi connectivity index (χ2v) is 6.84. The minimum atomic E-state index is -0.790. The van der Waals surface area contributed by atoms with Crippen LogP contribution >= 0.6 is 0 Å². The van der Waals surface area contributed by atoms with E-state index in [9.17, 15) is 9.90 Å². The number of allylic oxidation sites excluding steroid dienone is 11. The van der Waals surface area contributed by atoms with Crippen LogP contribution in [-0.2, 0) is 4.79 Å². The smallest absolute Gasteiger partial charge is 0.244 e. The highest BCUT2D eigenvalue weighted by atomic mass is 16.3. The third-order valence-electron chi connectivity index (χ3n) is 4.08. The van der Waals surface area contributed by atoms with Gasteiger partial charge >= 0.3 is 0 Å². The van der Waals surface area contributed by atoms with Gasteiger partial charge in [-0.3, -0.25) is 4.79 Å². The van der Waals surface area contributed by atoms with Crippen molar-refractivity contribution in [2.45, 2.75) is 71.3 Å². The maximum Gasteiger partial charge on any atom is 0.244 e. The van der Waals surface area contributed by atoms with Crippen LogP contribution in [-0.4, -0.2) is 23.2 Å². The summed E-state index contributed by atoms with van der Waals surface area (Å²) in [5.41, 5.74) is -0.790. The quantitative estimate of drug-likeness (QED) is 0.207. The van der Waals surface area contributed by atoms with Crippen molar-refractivity contribution in [1.29, 1.82) is 0 Å². The Morgan fingerprint density at radius 3 is 1.79 bits per heavy atom. The Morgan fingerprint density at radius 2 is 1.29 bits per heavy atom. The maximum absolute atomic E-state index is 11.8. The predicted octanol–water partition coefficient (Wildman–Crippen LogP) is 5.96. The molecule has 0 rings (SSSR count). The van der Waals surface area contributed by atoms with Crippen molar-refractivity contribution < 1.29 is 9.90 Å². The van der Waals surface area contributed by atoms with Crippen molar-refractivity contribution in [3.8, 4) is 0 Å². The lowest BCUT2D eigenvalue weighted by Gasteiger charge is -2.27. The number of carbonyl (C=O) groups excluding carboxylic acids is 1. The van der Waals surface area contributed by atoms with Crippen molar-refractivity contribution >= 4 is 5.91 Å². The molecule has 2 N–H and O–H groups in total. The molecule has 0 atom stereocenters. The van der Waals surface area contributed by atoms with Gasteiger partial charge in [0, 0.05) is 12.6 Å². The summed E-state index contributed by atoms with van der Waals surface area (Å²) in [7, 11) is 0. The molecular weight excluding hydrogens is 346 g/mol. The van der Waals surface area contributed by atoms with Gasteiger partial charge in [-0.15, -0.1) is 0 Å². The molecule has 0 aliphatic rings. The van der Waals surface area contributed by atoms with E-state index in [2.05, 4.69) is 42.6 Å². The number of hydrogen-bond acceptors (Lipinski definition) is 2. The molecule has 3 nitrogen and oxygen atoms in total. The van der Waals surface area contributed by atoms with Crippen molar-refractivity contribution in [1.82, 2.24) is 5.32 Å². The molecule has 0 aromatic heterocycles. The number of amides is 1. The minimum absolute atomic E-state index is 0.175. The molecule has 0 aromatic rings. The fraction of sp³-hybridized carbons (Fsp3) is 0.480. The van der Waals surface area contributed by atoms with Crippen molar-refractivity contribution in [2.24, 2.45) is 0 Å². The van der Waals surface area contributed by atoms with Gasteiger partial charge in [0.05, 0.1) is 5.60 Å². The van der Waals surface area contributed by atoms with Crippen LogP contribution < -0.4 is 5.32 Å². The third-order valence-corrected chi connectivity index (χ3v) is 4.08. The van der Waals surface area contributed by atoms with Gasteiger partial charge in [0.1, 0.15) is 0 Å². The zero-order valence-corrected chi connectivity index (χ0v) is 17.9. The van der Waals surface area contributed by atoms with Crippen LogP contribution in [0.4, 0.5) is 0 Å². The van der Waals surface area contributed by atoms with E-state index in [0.717, 1.165) is 32.1 Å². The van der Waals surface area contributed by atoms with Crippen molar-refractivity contribution in [3.05, 3.63) is 72.9 Å². The first-order chi connectivity index (χ1) is 13.6. The molecule has 0 aliphatic carbocycles. The molecule has 0 aromatic carbocycles. The van der Waals surface area contributed by atoms with Gasteiger partial charge in [0.25, 0.3) is 0 Å². The Kier molecular flexibility index (Phi) is 16.9. The van der Waals surface area contributed by atoms with Crippen LogP contribution in [0.15, 0.2) is 72.9 Å². The second kappa shape index (κ2) is 18.2. The standard InChI is InChI=1S/C25H39NO2/c1-4-7-8-9-10-11-12-13-14-15-16-17-18-19-20-24(27)26-23-25(28,21-5-2)22-6-3/h7-12,15-20,28H,4-6,13-14,21-23H2,1-3H3,(H,26,27). The topological polar surface area (TPSA) is 49.3 Å². The molecule has 0 aliphatic heterocycles. The first kappa shape index (κ1) is 25.9. The number of unbranched alkanes of at least 4 members (excludes halogenated alkanes) is 1. The highest BCUT2D eigenvalue weighted by Crippen LogP contribution is 2.18. The number of aliphatic hydroxyl groups is 1. The summed E-state index contributed by atoms with van der Waals surface area (Å²) in [5.74, 6) is -0.175. The van der Waals surface area contributed by atoms with Gasteiger partial charge in [-0.2, -0.15) is 0 Å². The van der Waals surface area contributed by atoms with E-state index in [4.69, 9.17) is 0 Å². The van der Waals surface area contributed by atoms with E-state index in [1.807, 2.05) is 44.2 Å². The fourth-order valence-electron chi connectivity index (χ4n) is 2.70. The van der Waals surface area contributed by atoms with Crippen LogP contribution in [0.1, 0.15) is 65.7 Å². The molecule has 0 heterocycles. The number of carbonyl (C=O) groups is 1. The van der Waals surface area contributed by atoms with Gasteiger partial charge in [-0.25, -0.2) is 0 Å². The summed E-state index contributed by atoms with van der Waals surface area (Å²) in [5, 5.41) is 13.3. The molecule has 0 saturated heterocycles. The van der Waals surface area contributed by atoms with E-state index in [-0.39, 0.29) is 5.91 Å². The highest BCUT2D eigenvalue weighted by Gasteiger charge is 2.24. The van der Waals surface area contributed by atoms with Gasteiger partial charge in [0.15, 0.2) is 0 Å². The summed E-state index contributed by atoms with van der Waals surface area (Å²) in [4.78, 5) is 11.8. The third kappa shape index (κ3) is 16.1. The lowest BCUT2D eigenvalue weighted by molar-refractivity contribution is -0.117. The van der Waals surface area contributed by atoms with Crippen LogP contribution in [0, 0.1) is 0 Å². The summed E-state index contributed by atoms with van der Waals surface area (Å²) in [6, 6.07) is 0. The molecule has 0 saturated carbocycles. The summed E-state index contributed by atoms with van der Waals surface area (Å²) in [6.45, 7) is 6.51. The molecule has 0 fully saturated rings. The number of hydrogen-bond donors (Lipinski definition) is 2. The minimum Gasteiger partial charge on any atom is -0.388 e. The molecule has 0 radical (unpaired) electrons. The molecule has 1 amide bonds. The normalized spacial score (nSPS) is 13.4. The van der Waals surface area contributed by atoms with E-state index < -0.39 is 5.60 Å².